The maximum Gasteiger partial charge on any atom is 0.410 e. The van der Waals surface area contributed by atoms with Gasteiger partial charge in [-0.05, 0) is 32.9 Å². The highest BCUT2D eigenvalue weighted by Crippen LogP contribution is 2.27. The molecule has 0 atom stereocenters. The van der Waals surface area contributed by atoms with E-state index in [0.29, 0.717) is 66.8 Å². The van der Waals surface area contributed by atoms with Crippen molar-refractivity contribution in [1.29, 1.82) is 0 Å². The zero-order valence-electron chi connectivity index (χ0n) is 21.1. The van der Waals surface area contributed by atoms with Crippen molar-refractivity contribution in [3.63, 3.8) is 0 Å². The second kappa shape index (κ2) is 10.5. The van der Waals surface area contributed by atoms with Gasteiger partial charge in [0.1, 0.15) is 28.1 Å². The Morgan fingerprint density at radius 1 is 1.08 bits per heavy atom. The van der Waals surface area contributed by atoms with Crippen LogP contribution in [0.5, 0.6) is 0 Å². The van der Waals surface area contributed by atoms with Crippen molar-refractivity contribution in [2.24, 2.45) is 0 Å². The van der Waals surface area contributed by atoms with E-state index in [9.17, 15) is 9.59 Å². The van der Waals surface area contributed by atoms with Crippen molar-refractivity contribution in [1.82, 2.24) is 29.5 Å². The molecule has 0 bridgehead atoms. The fraction of sp³-hybridized carbons (Fsp3) is 0.417. The third kappa shape index (κ3) is 5.33. The number of anilines is 1. The highest BCUT2D eigenvalue weighted by atomic mass is 35.5. The Labute approximate surface area is 232 Å². The van der Waals surface area contributed by atoms with Crippen molar-refractivity contribution >= 4 is 67.7 Å². The molecule has 11 nitrogen and oxygen atoms in total. The van der Waals surface area contributed by atoms with Gasteiger partial charge in [-0.2, -0.15) is 0 Å². The molecule has 200 valence electrons. The van der Waals surface area contributed by atoms with Crippen LogP contribution in [0.25, 0.3) is 21.3 Å². The number of piperazine rings is 1. The standard InChI is InChI=1S/C24H26Cl2N8O3S/c1-24(2,3)37-23(36)32-8-10-33(11-9-32)34-16(31-18-15(26)5-4-14(25)17(18)22(34)35)6-7-27-20-19-21(29-12-28-20)38-13-30-19/h4-5,12-13H,6-11H2,1-3H3,(H,27,28,29). The maximum atomic E-state index is 13.8. The van der Waals surface area contributed by atoms with Crippen LogP contribution in [0.15, 0.2) is 28.8 Å². The van der Waals surface area contributed by atoms with E-state index in [1.165, 1.54) is 17.7 Å². The van der Waals surface area contributed by atoms with Gasteiger partial charge in [0, 0.05) is 26.1 Å². The Bertz CT molecular complexity index is 1560. The Hall–Kier alpha value is -3.22. The number of thiazole rings is 1. The third-order valence-electron chi connectivity index (χ3n) is 5.94. The molecular weight excluding hydrogens is 551 g/mol. The van der Waals surface area contributed by atoms with Gasteiger partial charge in [-0.15, -0.1) is 11.3 Å². The number of benzene rings is 1. The van der Waals surface area contributed by atoms with Crippen LogP contribution in [0.4, 0.5) is 10.6 Å². The van der Waals surface area contributed by atoms with E-state index in [0.717, 1.165) is 4.83 Å². The summed E-state index contributed by atoms with van der Waals surface area (Å²) in [4.78, 5) is 46.4. The average Bonchev–Trinajstić information content (AvgIpc) is 3.35. The first-order valence-corrected chi connectivity index (χ1v) is 13.7. The molecular formula is C24H26Cl2N8O3S. The summed E-state index contributed by atoms with van der Waals surface area (Å²) in [6.07, 6.45) is 1.49. The third-order valence-corrected chi connectivity index (χ3v) is 7.29. The summed E-state index contributed by atoms with van der Waals surface area (Å²) >= 11 is 14.3. The van der Waals surface area contributed by atoms with Crippen LogP contribution in [-0.2, 0) is 11.2 Å². The van der Waals surface area contributed by atoms with Gasteiger partial charge in [-0.25, -0.2) is 29.4 Å². The van der Waals surface area contributed by atoms with E-state index in [4.69, 9.17) is 32.9 Å². The predicted octanol–water partition coefficient (Wildman–Crippen LogP) is 3.95. The van der Waals surface area contributed by atoms with Crippen LogP contribution in [0.3, 0.4) is 0 Å². The first-order valence-electron chi connectivity index (χ1n) is 12.0. The molecule has 1 fully saturated rings. The molecule has 4 aromatic rings. The summed E-state index contributed by atoms with van der Waals surface area (Å²) in [5, 5.41) is 6.04. The lowest BCUT2D eigenvalue weighted by Gasteiger charge is -2.38. The number of hydrogen-bond donors (Lipinski definition) is 1. The Morgan fingerprint density at radius 2 is 1.82 bits per heavy atom. The van der Waals surface area contributed by atoms with E-state index in [2.05, 4.69) is 20.3 Å². The van der Waals surface area contributed by atoms with Crippen LogP contribution in [0.2, 0.25) is 10.0 Å². The zero-order chi connectivity index (χ0) is 27.0. The number of nitrogens with one attached hydrogen (secondary N) is 1. The van der Waals surface area contributed by atoms with Crippen LogP contribution in [0.1, 0.15) is 26.6 Å². The number of hydrogen-bond acceptors (Lipinski definition) is 10. The van der Waals surface area contributed by atoms with Crippen molar-refractivity contribution in [3.8, 4) is 0 Å². The molecule has 1 saturated heterocycles. The summed E-state index contributed by atoms with van der Waals surface area (Å²) in [5.74, 6) is 1.12. The van der Waals surface area contributed by atoms with Crippen molar-refractivity contribution in [3.05, 3.63) is 50.2 Å². The lowest BCUT2D eigenvalue weighted by molar-refractivity contribution is 0.0231. The number of halogens is 2. The monoisotopic (exact) mass is 576 g/mol. The summed E-state index contributed by atoms with van der Waals surface area (Å²) < 4.78 is 7.06. The summed E-state index contributed by atoms with van der Waals surface area (Å²) in [6, 6.07) is 3.22. The minimum Gasteiger partial charge on any atom is -0.444 e. The molecule has 0 radical (unpaired) electrons. The van der Waals surface area contributed by atoms with E-state index in [1.807, 2.05) is 25.8 Å². The summed E-state index contributed by atoms with van der Waals surface area (Å²) in [7, 11) is 0. The molecule has 0 spiro atoms. The van der Waals surface area contributed by atoms with Crippen LogP contribution in [0, 0.1) is 0 Å². The molecule has 1 amide bonds. The molecule has 5 rings (SSSR count). The highest BCUT2D eigenvalue weighted by molar-refractivity contribution is 7.16. The van der Waals surface area contributed by atoms with Gasteiger partial charge in [-0.1, -0.05) is 23.2 Å². The second-order valence-corrected chi connectivity index (χ2v) is 11.4. The van der Waals surface area contributed by atoms with E-state index in [1.54, 1.807) is 27.2 Å². The normalized spacial score (nSPS) is 14.3. The number of fused-ring (bicyclic) bond motifs is 2. The Balaban J connectivity index is 1.43. The fourth-order valence-electron chi connectivity index (χ4n) is 4.23. The molecule has 3 aromatic heterocycles. The van der Waals surface area contributed by atoms with Crippen molar-refractivity contribution in [2.75, 3.05) is 43.0 Å². The minimum absolute atomic E-state index is 0.255. The molecule has 4 heterocycles. The van der Waals surface area contributed by atoms with Crippen molar-refractivity contribution in [2.45, 2.75) is 32.8 Å². The highest BCUT2D eigenvalue weighted by Gasteiger charge is 2.28. The largest absolute Gasteiger partial charge is 0.444 e. The first-order chi connectivity index (χ1) is 18.1. The lowest BCUT2D eigenvalue weighted by atomic mass is 10.2. The fourth-order valence-corrected chi connectivity index (χ4v) is 5.29. The Kier molecular flexibility index (Phi) is 7.30. The minimum atomic E-state index is -0.586. The van der Waals surface area contributed by atoms with Crippen LogP contribution >= 0.6 is 34.5 Å². The topological polar surface area (TPSA) is 118 Å². The Morgan fingerprint density at radius 3 is 2.55 bits per heavy atom. The number of carbonyl (C=O) groups is 1. The van der Waals surface area contributed by atoms with Crippen LogP contribution < -0.4 is 15.9 Å². The van der Waals surface area contributed by atoms with Gasteiger partial charge < -0.3 is 20.0 Å². The van der Waals surface area contributed by atoms with E-state index in [-0.39, 0.29) is 22.1 Å². The molecule has 0 saturated carbocycles. The molecule has 0 aliphatic carbocycles. The SMILES string of the molecule is CC(C)(C)OC(=O)N1CCN(n2c(CCNc3ncnc4scnc34)nc3c(Cl)ccc(Cl)c3c2=O)CC1. The van der Waals surface area contributed by atoms with Gasteiger partial charge in [0.25, 0.3) is 5.56 Å². The van der Waals surface area contributed by atoms with E-state index >= 15 is 0 Å². The predicted molar refractivity (Wildman–Crippen MR) is 149 cm³/mol. The number of amides is 1. The molecule has 38 heavy (non-hydrogen) atoms. The lowest BCUT2D eigenvalue weighted by Crippen LogP contribution is -2.56. The van der Waals surface area contributed by atoms with Gasteiger partial charge in [0.15, 0.2) is 5.82 Å². The van der Waals surface area contributed by atoms with E-state index < -0.39 is 5.60 Å². The van der Waals surface area contributed by atoms with Crippen molar-refractivity contribution < 1.29 is 9.53 Å². The number of ether oxygens (including phenoxy) is 1. The number of rotatable bonds is 5. The summed E-state index contributed by atoms with van der Waals surface area (Å²) in [6.45, 7) is 7.53. The van der Waals surface area contributed by atoms with Gasteiger partial charge in [-0.3, -0.25) is 4.79 Å². The maximum absolute atomic E-state index is 13.8. The second-order valence-electron chi connectivity index (χ2n) is 9.72. The molecule has 14 heteroatoms. The first kappa shape index (κ1) is 26.4. The number of nitrogens with zero attached hydrogens (tertiary/aromatic N) is 7. The average molecular weight is 577 g/mol. The molecule has 0 unspecified atom stereocenters. The molecule has 1 aliphatic rings. The number of aromatic nitrogens is 5. The zero-order valence-corrected chi connectivity index (χ0v) is 23.4. The van der Waals surface area contributed by atoms with Gasteiger partial charge in [0.05, 0.1) is 39.5 Å². The molecule has 1 N–H and O–H groups in total. The molecule has 1 aromatic carbocycles. The molecule has 1 aliphatic heterocycles. The quantitative estimate of drug-likeness (QED) is 0.376. The summed E-state index contributed by atoms with van der Waals surface area (Å²) in [5.41, 5.74) is 1.86. The number of carbonyl (C=O) groups excluding carboxylic acids is 1. The van der Waals surface area contributed by atoms with Gasteiger partial charge >= 0.3 is 6.09 Å². The smallest absolute Gasteiger partial charge is 0.410 e. The van der Waals surface area contributed by atoms with Gasteiger partial charge in [0.2, 0.25) is 0 Å². The van der Waals surface area contributed by atoms with Crippen LogP contribution in [-0.4, -0.2) is 73.9 Å².